The molecule has 3 N–H and O–H groups in total. The Hall–Kier alpha value is -0.920. The lowest BCUT2D eigenvalue weighted by Gasteiger charge is -2.18. The maximum absolute atomic E-state index is 12.4. The molecule has 7 heteroatoms. The van der Waals surface area contributed by atoms with Crippen LogP contribution in [0.5, 0.6) is 0 Å². The molecule has 3 rings (SSSR count). The van der Waals surface area contributed by atoms with Crippen LogP contribution in [0.25, 0.3) is 0 Å². The SMILES string of the molecule is NS(=O)(=O)c1cc(Br)cc(C(=O)NC(C2CC2)C2CC2)c1. The number of nitrogens with one attached hydrogen (secondary N) is 1. The number of nitrogens with two attached hydrogens (primary N) is 1. The lowest BCUT2D eigenvalue weighted by Crippen LogP contribution is -2.38. The first-order valence-corrected chi connectivity index (χ1v) is 9.33. The first kappa shape index (κ1) is 15.0. The Morgan fingerprint density at radius 2 is 1.76 bits per heavy atom. The van der Waals surface area contributed by atoms with Crippen molar-refractivity contribution >= 4 is 31.9 Å². The third-order valence-corrected chi connectivity index (χ3v) is 5.37. The van der Waals surface area contributed by atoms with Crippen molar-refractivity contribution in [2.75, 3.05) is 0 Å². The molecule has 5 nitrogen and oxygen atoms in total. The van der Waals surface area contributed by atoms with E-state index in [2.05, 4.69) is 21.2 Å². The molecule has 21 heavy (non-hydrogen) atoms. The van der Waals surface area contributed by atoms with Crippen molar-refractivity contribution < 1.29 is 13.2 Å². The molecule has 0 atom stereocenters. The van der Waals surface area contributed by atoms with Gasteiger partial charge in [-0.15, -0.1) is 0 Å². The van der Waals surface area contributed by atoms with Crippen molar-refractivity contribution in [3.05, 3.63) is 28.2 Å². The van der Waals surface area contributed by atoms with Gasteiger partial charge in [-0.05, 0) is 55.7 Å². The first-order chi connectivity index (χ1) is 9.84. The van der Waals surface area contributed by atoms with Gasteiger partial charge in [0.25, 0.3) is 5.91 Å². The highest BCUT2D eigenvalue weighted by molar-refractivity contribution is 9.10. The average Bonchev–Trinajstić information content (AvgIpc) is 3.26. The number of carbonyl (C=O) groups is 1. The van der Waals surface area contributed by atoms with Crippen molar-refractivity contribution in [2.24, 2.45) is 17.0 Å². The zero-order chi connectivity index (χ0) is 15.2. The van der Waals surface area contributed by atoms with Crippen LogP contribution in [0.15, 0.2) is 27.6 Å². The van der Waals surface area contributed by atoms with Crippen LogP contribution in [0.1, 0.15) is 36.0 Å². The number of benzene rings is 1. The molecule has 1 amide bonds. The first-order valence-electron chi connectivity index (χ1n) is 6.99. The van der Waals surface area contributed by atoms with E-state index in [0.29, 0.717) is 21.9 Å². The van der Waals surface area contributed by atoms with Crippen molar-refractivity contribution in [3.8, 4) is 0 Å². The fourth-order valence-corrected chi connectivity index (χ4v) is 3.85. The molecule has 0 aromatic heterocycles. The molecule has 0 saturated heterocycles. The summed E-state index contributed by atoms with van der Waals surface area (Å²) in [5.74, 6) is 0.947. The number of halogens is 1. The van der Waals surface area contributed by atoms with Gasteiger partial charge in [-0.3, -0.25) is 4.79 Å². The van der Waals surface area contributed by atoms with Crippen LogP contribution >= 0.6 is 15.9 Å². The van der Waals surface area contributed by atoms with Gasteiger partial charge in [0, 0.05) is 16.1 Å². The Morgan fingerprint density at radius 3 is 2.24 bits per heavy atom. The number of amides is 1. The predicted octanol–water partition coefficient (Wildman–Crippen LogP) is 2.01. The number of sulfonamides is 1. The average molecular weight is 373 g/mol. The maximum Gasteiger partial charge on any atom is 0.251 e. The second kappa shape index (κ2) is 5.37. The van der Waals surface area contributed by atoms with Crippen LogP contribution in [-0.2, 0) is 10.0 Å². The summed E-state index contributed by atoms with van der Waals surface area (Å²) in [7, 11) is -3.83. The molecule has 0 bridgehead atoms. The molecule has 0 aliphatic heterocycles. The van der Waals surface area contributed by atoms with Gasteiger partial charge in [0.15, 0.2) is 0 Å². The van der Waals surface area contributed by atoms with Crippen LogP contribution < -0.4 is 10.5 Å². The van der Waals surface area contributed by atoms with E-state index in [1.807, 2.05) is 0 Å². The van der Waals surface area contributed by atoms with E-state index in [1.165, 1.54) is 37.8 Å². The minimum atomic E-state index is -3.83. The third kappa shape index (κ3) is 3.64. The minimum absolute atomic E-state index is 0.0589. The summed E-state index contributed by atoms with van der Waals surface area (Å²) in [4.78, 5) is 12.3. The molecule has 1 aromatic carbocycles. The Kier molecular flexibility index (Phi) is 3.83. The summed E-state index contributed by atoms with van der Waals surface area (Å²) >= 11 is 3.22. The highest BCUT2D eigenvalue weighted by Gasteiger charge is 2.42. The van der Waals surface area contributed by atoms with Crippen LogP contribution in [0.4, 0.5) is 0 Å². The molecule has 114 valence electrons. The quantitative estimate of drug-likeness (QED) is 0.828. The molecule has 0 heterocycles. The molecule has 0 spiro atoms. The summed E-state index contributed by atoms with van der Waals surface area (Å²) in [6.45, 7) is 0. The fourth-order valence-electron chi connectivity index (χ4n) is 2.62. The molecule has 2 fully saturated rings. The molecule has 2 aliphatic carbocycles. The van der Waals surface area contributed by atoms with Gasteiger partial charge < -0.3 is 5.32 Å². The topological polar surface area (TPSA) is 89.3 Å². The van der Waals surface area contributed by atoms with Gasteiger partial charge in [0.2, 0.25) is 10.0 Å². The van der Waals surface area contributed by atoms with Crippen LogP contribution in [-0.4, -0.2) is 20.4 Å². The summed E-state index contributed by atoms with van der Waals surface area (Å²) < 4.78 is 23.4. The lowest BCUT2D eigenvalue weighted by atomic mass is 10.1. The van der Waals surface area contributed by atoms with Gasteiger partial charge in [0.05, 0.1) is 4.90 Å². The molecular weight excluding hydrogens is 356 g/mol. The minimum Gasteiger partial charge on any atom is -0.349 e. The van der Waals surface area contributed by atoms with Crippen LogP contribution in [0.2, 0.25) is 0 Å². The Morgan fingerprint density at radius 1 is 1.19 bits per heavy atom. The van der Waals surface area contributed by atoms with E-state index < -0.39 is 10.0 Å². The van der Waals surface area contributed by atoms with E-state index in [9.17, 15) is 13.2 Å². The summed E-state index contributed by atoms with van der Waals surface area (Å²) in [6, 6.07) is 4.56. The van der Waals surface area contributed by atoms with E-state index in [4.69, 9.17) is 5.14 Å². The Bertz CT molecular complexity index is 669. The number of hydrogen-bond donors (Lipinski definition) is 2. The molecule has 2 saturated carbocycles. The molecular formula is C14H17BrN2O3S. The molecule has 1 aromatic rings. The van der Waals surface area contributed by atoms with Gasteiger partial charge in [-0.25, -0.2) is 13.6 Å². The van der Waals surface area contributed by atoms with Crippen molar-refractivity contribution in [1.29, 1.82) is 0 Å². The second-order valence-corrected chi connectivity index (χ2v) is 8.37. The van der Waals surface area contributed by atoms with Crippen molar-refractivity contribution in [3.63, 3.8) is 0 Å². The summed E-state index contributed by atoms with van der Waals surface area (Å²) in [6.07, 6.45) is 4.68. The maximum atomic E-state index is 12.4. The summed E-state index contributed by atoms with van der Waals surface area (Å²) in [5.41, 5.74) is 0.319. The smallest absolute Gasteiger partial charge is 0.251 e. The Balaban J connectivity index is 1.82. The normalized spacial score (nSPS) is 18.8. The Labute approximate surface area is 132 Å². The largest absolute Gasteiger partial charge is 0.349 e. The lowest BCUT2D eigenvalue weighted by molar-refractivity contribution is 0.0926. The van der Waals surface area contributed by atoms with E-state index in [0.717, 1.165) is 0 Å². The predicted molar refractivity (Wildman–Crippen MR) is 82.2 cm³/mol. The van der Waals surface area contributed by atoms with Crippen LogP contribution in [0, 0.1) is 11.8 Å². The van der Waals surface area contributed by atoms with Gasteiger partial charge in [0.1, 0.15) is 0 Å². The highest BCUT2D eigenvalue weighted by atomic mass is 79.9. The number of carbonyl (C=O) groups excluding carboxylic acids is 1. The molecule has 0 radical (unpaired) electrons. The highest BCUT2D eigenvalue weighted by Crippen LogP contribution is 2.44. The summed E-state index contributed by atoms with van der Waals surface area (Å²) in [5, 5.41) is 8.20. The number of rotatable bonds is 5. The van der Waals surface area contributed by atoms with Crippen molar-refractivity contribution in [1.82, 2.24) is 5.32 Å². The van der Waals surface area contributed by atoms with E-state index in [-0.39, 0.29) is 16.8 Å². The fraction of sp³-hybridized carbons (Fsp3) is 0.500. The second-order valence-electron chi connectivity index (χ2n) is 5.89. The van der Waals surface area contributed by atoms with E-state index >= 15 is 0 Å². The number of hydrogen-bond acceptors (Lipinski definition) is 3. The zero-order valence-electron chi connectivity index (χ0n) is 11.4. The molecule has 2 aliphatic rings. The standard InChI is InChI=1S/C14H17BrN2O3S/c15-11-5-10(6-12(7-11)21(16,19)20)14(18)17-13(8-1-2-8)9-3-4-9/h5-9,13H,1-4H2,(H,17,18)(H2,16,19,20). The number of primary sulfonamides is 1. The van der Waals surface area contributed by atoms with Crippen molar-refractivity contribution in [2.45, 2.75) is 36.6 Å². The van der Waals surface area contributed by atoms with Gasteiger partial charge in [-0.2, -0.15) is 0 Å². The van der Waals surface area contributed by atoms with E-state index in [1.54, 1.807) is 6.07 Å². The van der Waals surface area contributed by atoms with Gasteiger partial charge in [-0.1, -0.05) is 15.9 Å². The van der Waals surface area contributed by atoms with Crippen LogP contribution in [0.3, 0.4) is 0 Å². The molecule has 0 unspecified atom stereocenters. The van der Waals surface area contributed by atoms with Gasteiger partial charge >= 0.3 is 0 Å². The third-order valence-electron chi connectivity index (χ3n) is 4.02. The zero-order valence-corrected chi connectivity index (χ0v) is 13.8. The monoisotopic (exact) mass is 372 g/mol.